The van der Waals surface area contributed by atoms with Crippen LogP contribution in [0.2, 0.25) is 0 Å². The van der Waals surface area contributed by atoms with Crippen molar-refractivity contribution in [3.8, 4) is 16.9 Å². The van der Waals surface area contributed by atoms with Crippen LogP contribution < -0.4 is 4.74 Å². The van der Waals surface area contributed by atoms with Crippen molar-refractivity contribution in [1.29, 1.82) is 0 Å². The first kappa shape index (κ1) is 18.5. The van der Waals surface area contributed by atoms with E-state index in [1.165, 1.54) is 0 Å². The minimum atomic E-state index is -0.383. The summed E-state index contributed by atoms with van der Waals surface area (Å²) in [7, 11) is 1.57. The molecule has 0 atom stereocenters. The molecule has 132 valence electrons. The number of carbonyl (C=O) groups excluding carboxylic acids is 2. The molecule has 2 aromatic carbocycles. The number of carbonyl (C=O) groups is 2. The third-order valence-corrected chi connectivity index (χ3v) is 3.63. The zero-order valence-corrected chi connectivity index (χ0v) is 14.7. The predicted molar refractivity (Wildman–Crippen MR) is 94.7 cm³/mol. The van der Waals surface area contributed by atoms with Crippen LogP contribution in [-0.2, 0) is 20.7 Å². The van der Waals surface area contributed by atoms with E-state index in [1.807, 2.05) is 24.3 Å². The Labute approximate surface area is 147 Å². The van der Waals surface area contributed by atoms with Gasteiger partial charge in [0.1, 0.15) is 5.75 Å². The molecule has 2 aromatic rings. The standard InChI is InChI=1S/C20H22O5/c1-4-24-18(21)13-15-9-7-11-17(23-3)19(15)14-8-6-10-16(12-14)20(22)25-5-2/h6-12H,4-5,13H2,1-3H3. The summed E-state index contributed by atoms with van der Waals surface area (Å²) >= 11 is 0. The Morgan fingerprint density at radius 3 is 2.36 bits per heavy atom. The van der Waals surface area contributed by atoms with E-state index >= 15 is 0 Å². The maximum Gasteiger partial charge on any atom is 0.338 e. The van der Waals surface area contributed by atoms with Crippen LogP contribution in [0.25, 0.3) is 11.1 Å². The summed E-state index contributed by atoms with van der Waals surface area (Å²) in [6, 6.07) is 12.6. The zero-order valence-electron chi connectivity index (χ0n) is 14.7. The summed E-state index contributed by atoms with van der Waals surface area (Å²) in [5, 5.41) is 0. The van der Waals surface area contributed by atoms with E-state index in [4.69, 9.17) is 14.2 Å². The summed E-state index contributed by atoms with van der Waals surface area (Å²) in [6.45, 7) is 4.18. The molecule has 0 amide bonds. The summed E-state index contributed by atoms with van der Waals surface area (Å²) in [5.74, 6) is -0.0625. The van der Waals surface area contributed by atoms with E-state index in [0.29, 0.717) is 24.5 Å². The van der Waals surface area contributed by atoms with E-state index in [9.17, 15) is 9.59 Å². The van der Waals surface area contributed by atoms with Crippen LogP contribution in [0.3, 0.4) is 0 Å². The Morgan fingerprint density at radius 2 is 1.68 bits per heavy atom. The monoisotopic (exact) mass is 342 g/mol. The van der Waals surface area contributed by atoms with Gasteiger partial charge in [-0.2, -0.15) is 0 Å². The van der Waals surface area contributed by atoms with Gasteiger partial charge in [-0.15, -0.1) is 0 Å². The Morgan fingerprint density at radius 1 is 0.960 bits per heavy atom. The minimum absolute atomic E-state index is 0.129. The molecule has 0 saturated heterocycles. The molecule has 5 nitrogen and oxygen atoms in total. The van der Waals surface area contributed by atoms with E-state index in [2.05, 4.69) is 0 Å². The maximum atomic E-state index is 12.0. The topological polar surface area (TPSA) is 61.8 Å². The van der Waals surface area contributed by atoms with Crippen molar-refractivity contribution in [3.63, 3.8) is 0 Å². The lowest BCUT2D eigenvalue weighted by molar-refractivity contribution is -0.142. The van der Waals surface area contributed by atoms with Crippen molar-refractivity contribution in [2.75, 3.05) is 20.3 Å². The molecular formula is C20H22O5. The molecule has 0 radical (unpaired) electrons. The SMILES string of the molecule is CCOC(=O)Cc1cccc(OC)c1-c1cccc(C(=O)OCC)c1. The van der Waals surface area contributed by atoms with E-state index in [0.717, 1.165) is 16.7 Å². The van der Waals surface area contributed by atoms with Crippen LogP contribution in [0, 0.1) is 0 Å². The van der Waals surface area contributed by atoms with Crippen LogP contribution in [-0.4, -0.2) is 32.3 Å². The molecule has 0 saturated carbocycles. The van der Waals surface area contributed by atoms with Gasteiger partial charge in [0.15, 0.2) is 0 Å². The van der Waals surface area contributed by atoms with E-state index < -0.39 is 0 Å². The second-order valence-corrected chi connectivity index (χ2v) is 5.28. The molecular weight excluding hydrogens is 320 g/mol. The molecule has 0 unspecified atom stereocenters. The number of hydrogen-bond acceptors (Lipinski definition) is 5. The smallest absolute Gasteiger partial charge is 0.338 e. The van der Waals surface area contributed by atoms with Crippen LogP contribution in [0.1, 0.15) is 29.8 Å². The molecule has 0 heterocycles. The van der Waals surface area contributed by atoms with Crippen LogP contribution >= 0.6 is 0 Å². The molecule has 0 aliphatic heterocycles. The highest BCUT2D eigenvalue weighted by Gasteiger charge is 2.16. The molecule has 25 heavy (non-hydrogen) atoms. The molecule has 0 N–H and O–H groups in total. The number of esters is 2. The first-order chi connectivity index (χ1) is 12.1. The normalized spacial score (nSPS) is 10.2. The molecule has 0 aromatic heterocycles. The number of hydrogen-bond donors (Lipinski definition) is 0. The van der Waals surface area contributed by atoms with Crippen molar-refractivity contribution in [1.82, 2.24) is 0 Å². The Balaban J connectivity index is 2.48. The van der Waals surface area contributed by atoms with Gasteiger partial charge >= 0.3 is 11.9 Å². The van der Waals surface area contributed by atoms with E-state index in [-0.39, 0.29) is 18.4 Å². The number of benzene rings is 2. The van der Waals surface area contributed by atoms with Crippen LogP contribution in [0.15, 0.2) is 42.5 Å². The highest BCUT2D eigenvalue weighted by atomic mass is 16.5. The fourth-order valence-corrected chi connectivity index (χ4v) is 2.61. The number of methoxy groups -OCH3 is 1. The third-order valence-electron chi connectivity index (χ3n) is 3.63. The molecule has 0 spiro atoms. The lowest BCUT2D eigenvalue weighted by atomic mass is 9.95. The Kier molecular flexibility index (Phi) is 6.57. The molecule has 5 heteroatoms. The molecule has 0 bridgehead atoms. The average molecular weight is 342 g/mol. The Bertz CT molecular complexity index is 752. The first-order valence-corrected chi connectivity index (χ1v) is 8.19. The first-order valence-electron chi connectivity index (χ1n) is 8.19. The van der Waals surface area contributed by atoms with Crippen LogP contribution in [0.5, 0.6) is 5.75 Å². The second-order valence-electron chi connectivity index (χ2n) is 5.28. The largest absolute Gasteiger partial charge is 0.496 e. The molecule has 0 fully saturated rings. The highest BCUT2D eigenvalue weighted by Crippen LogP contribution is 2.34. The summed E-state index contributed by atoms with van der Waals surface area (Å²) in [6.07, 6.45) is 0.129. The number of rotatable bonds is 7. The fraction of sp³-hybridized carbons (Fsp3) is 0.300. The van der Waals surface area contributed by atoms with Crippen LogP contribution in [0.4, 0.5) is 0 Å². The Hall–Kier alpha value is -2.82. The van der Waals surface area contributed by atoms with E-state index in [1.54, 1.807) is 39.2 Å². The molecule has 0 aliphatic carbocycles. The minimum Gasteiger partial charge on any atom is -0.496 e. The second kappa shape index (κ2) is 8.87. The maximum absolute atomic E-state index is 12.0. The van der Waals surface area contributed by atoms with Gasteiger partial charge in [0.25, 0.3) is 0 Å². The van der Waals surface area contributed by atoms with Crippen molar-refractivity contribution >= 4 is 11.9 Å². The summed E-state index contributed by atoms with van der Waals surface area (Å²) in [5.41, 5.74) is 2.78. The summed E-state index contributed by atoms with van der Waals surface area (Å²) < 4.78 is 15.6. The van der Waals surface area contributed by atoms with Gasteiger partial charge < -0.3 is 14.2 Å². The van der Waals surface area contributed by atoms with Crippen molar-refractivity contribution in [2.45, 2.75) is 20.3 Å². The lowest BCUT2D eigenvalue weighted by Crippen LogP contribution is -2.09. The van der Waals surface area contributed by atoms with Crippen molar-refractivity contribution in [2.24, 2.45) is 0 Å². The van der Waals surface area contributed by atoms with Gasteiger partial charge in [-0.05, 0) is 43.2 Å². The quantitative estimate of drug-likeness (QED) is 0.719. The zero-order chi connectivity index (χ0) is 18.2. The van der Waals surface area contributed by atoms with Gasteiger partial charge in [0.2, 0.25) is 0 Å². The average Bonchev–Trinajstić information content (AvgIpc) is 2.62. The molecule has 2 rings (SSSR count). The van der Waals surface area contributed by atoms with Gasteiger partial charge in [0.05, 0.1) is 32.3 Å². The van der Waals surface area contributed by atoms with Gasteiger partial charge in [-0.3, -0.25) is 4.79 Å². The third kappa shape index (κ3) is 4.59. The number of ether oxygens (including phenoxy) is 3. The summed E-state index contributed by atoms with van der Waals surface area (Å²) in [4.78, 5) is 23.9. The molecule has 0 aliphatic rings. The van der Waals surface area contributed by atoms with Crippen molar-refractivity contribution < 1.29 is 23.8 Å². The van der Waals surface area contributed by atoms with Gasteiger partial charge in [-0.25, -0.2) is 4.79 Å². The van der Waals surface area contributed by atoms with Gasteiger partial charge in [0, 0.05) is 5.56 Å². The van der Waals surface area contributed by atoms with Gasteiger partial charge in [-0.1, -0.05) is 24.3 Å². The lowest BCUT2D eigenvalue weighted by Gasteiger charge is -2.14. The van der Waals surface area contributed by atoms with Crippen molar-refractivity contribution in [3.05, 3.63) is 53.6 Å². The fourth-order valence-electron chi connectivity index (χ4n) is 2.61. The predicted octanol–water partition coefficient (Wildman–Crippen LogP) is 3.64. The highest BCUT2D eigenvalue weighted by molar-refractivity contribution is 5.92.